The Bertz CT molecular complexity index is 518. The number of pyridine rings is 1. The van der Waals surface area contributed by atoms with Crippen molar-refractivity contribution in [3.8, 4) is 0 Å². The second kappa shape index (κ2) is 6.65. The van der Waals surface area contributed by atoms with Gasteiger partial charge in [-0.15, -0.1) is 0 Å². The number of nitrogens with two attached hydrogens (primary N) is 1. The van der Waals surface area contributed by atoms with Crippen molar-refractivity contribution in [2.45, 2.75) is 13.0 Å². The smallest absolute Gasteiger partial charge is 0.158 e. The van der Waals surface area contributed by atoms with E-state index in [2.05, 4.69) is 20.3 Å². The van der Waals surface area contributed by atoms with Gasteiger partial charge >= 0.3 is 0 Å². The van der Waals surface area contributed by atoms with Crippen molar-refractivity contribution >= 4 is 11.6 Å². The van der Waals surface area contributed by atoms with E-state index in [1.165, 1.54) is 5.56 Å². The van der Waals surface area contributed by atoms with E-state index in [9.17, 15) is 0 Å². The molecule has 2 heterocycles. The topological polar surface area (TPSA) is 86.0 Å². The molecule has 2 aromatic rings. The Morgan fingerprint density at radius 3 is 2.79 bits per heavy atom. The molecule has 0 aliphatic heterocycles. The Hall–Kier alpha value is -2.21. The van der Waals surface area contributed by atoms with Crippen molar-refractivity contribution in [3.63, 3.8) is 0 Å². The van der Waals surface area contributed by atoms with E-state index >= 15 is 0 Å². The summed E-state index contributed by atoms with van der Waals surface area (Å²) in [6, 6.07) is 5.70. The lowest BCUT2D eigenvalue weighted by atomic mass is 10.2. The van der Waals surface area contributed by atoms with Crippen LogP contribution in [0.5, 0.6) is 0 Å². The van der Waals surface area contributed by atoms with Crippen molar-refractivity contribution < 1.29 is 4.74 Å². The SMILES string of the molecule is COCc1nc(N)cc(NCCc2ccncc2)n1. The monoisotopic (exact) mass is 259 g/mol. The summed E-state index contributed by atoms with van der Waals surface area (Å²) in [7, 11) is 1.60. The molecule has 0 unspecified atom stereocenters. The number of nitrogen functional groups attached to an aromatic ring is 1. The van der Waals surface area contributed by atoms with Crippen LogP contribution in [-0.2, 0) is 17.8 Å². The van der Waals surface area contributed by atoms with E-state index < -0.39 is 0 Å². The molecule has 0 amide bonds. The average Bonchev–Trinajstić information content (AvgIpc) is 2.40. The fourth-order valence-corrected chi connectivity index (χ4v) is 1.69. The Morgan fingerprint density at radius 2 is 2.05 bits per heavy atom. The molecule has 3 N–H and O–H groups in total. The van der Waals surface area contributed by atoms with Gasteiger partial charge in [0.05, 0.1) is 0 Å². The standard InChI is InChI=1S/C13H17N5O/c1-19-9-13-17-11(14)8-12(18-13)16-7-4-10-2-5-15-6-3-10/h2-3,5-6,8H,4,7,9H2,1H3,(H3,14,16,17,18). The van der Waals surface area contributed by atoms with E-state index in [1.807, 2.05) is 12.1 Å². The molecule has 2 rings (SSSR count). The molecule has 100 valence electrons. The number of nitrogens with zero attached hydrogens (tertiary/aromatic N) is 3. The molecule has 0 bridgehead atoms. The largest absolute Gasteiger partial charge is 0.384 e. The van der Waals surface area contributed by atoms with Gasteiger partial charge in [-0.2, -0.15) is 0 Å². The third kappa shape index (κ3) is 4.18. The fraction of sp³-hybridized carbons (Fsp3) is 0.308. The molecule has 0 fully saturated rings. The molecule has 0 radical (unpaired) electrons. The summed E-state index contributed by atoms with van der Waals surface area (Å²) >= 11 is 0. The predicted octanol–water partition coefficient (Wildman–Crippen LogP) is 1.25. The van der Waals surface area contributed by atoms with Crippen molar-refractivity contribution in [1.29, 1.82) is 0 Å². The van der Waals surface area contributed by atoms with Crippen LogP contribution in [0.3, 0.4) is 0 Å². The molecule has 0 aliphatic rings. The Balaban J connectivity index is 1.92. The Morgan fingerprint density at radius 1 is 1.26 bits per heavy atom. The molecule has 0 atom stereocenters. The molecular formula is C13H17N5O. The summed E-state index contributed by atoms with van der Waals surface area (Å²) in [6.07, 6.45) is 4.47. The molecule has 2 aromatic heterocycles. The normalized spacial score (nSPS) is 10.4. The summed E-state index contributed by atoms with van der Waals surface area (Å²) in [5.41, 5.74) is 6.94. The van der Waals surface area contributed by atoms with E-state index in [4.69, 9.17) is 10.5 Å². The second-order valence-electron chi connectivity index (χ2n) is 4.06. The van der Waals surface area contributed by atoms with Crippen molar-refractivity contribution in [2.24, 2.45) is 0 Å². The molecule has 0 saturated heterocycles. The number of methoxy groups -OCH3 is 1. The van der Waals surface area contributed by atoms with Crippen molar-refractivity contribution in [1.82, 2.24) is 15.0 Å². The van der Waals surface area contributed by atoms with E-state index in [0.717, 1.165) is 13.0 Å². The molecule has 0 spiro atoms. The number of aromatic nitrogens is 3. The first-order chi connectivity index (χ1) is 9.28. The zero-order valence-electron chi connectivity index (χ0n) is 10.8. The molecule has 0 aromatic carbocycles. The van der Waals surface area contributed by atoms with Crippen LogP contribution in [-0.4, -0.2) is 28.6 Å². The highest BCUT2D eigenvalue weighted by Gasteiger charge is 2.02. The highest BCUT2D eigenvalue weighted by molar-refractivity contribution is 5.44. The summed E-state index contributed by atoms with van der Waals surface area (Å²) < 4.78 is 5.00. The number of anilines is 2. The zero-order valence-corrected chi connectivity index (χ0v) is 10.8. The van der Waals surface area contributed by atoms with Gasteiger partial charge in [-0.25, -0.2) is 9.97 Å². The van der Waals surface area contributed by atoms with Crippen molar-refractivity contribution in [3.05, 3.63) is 42.0 Å². The van der Waals surface area contributed by atoms with Crippen LogP contribution in [0.15, 0.2) is 30.6 Å². The minimum atomic E-state index is 0.351. The van der Waals surface area contributed by atoms with Gasteiger partial charge in [0.2, 0.25) is 0 Å². The maximum Gasteiger partial charge on any atom is 0.158 e. The maximum absolute atomic E-state index is 5.72. The minimum Gasteiger partial charge on any atom is -0.384 e. The highest BCUT2D eigenvalue weighted by Crippen LogP contribution is 2.09. The van der Waals surface area contributed by atoms with Crippen LogP contribution < -0.4 is 11.1 Å². The summed E-state index contributed by atoms with van der Waals surface area (Å²) in [6.45, 7) is 1.12. The van der Waals surface area contributed by atoms with Gasteiger partial charge in [0.15, 0.2) is 5.82 Å². The Labute approximate surface area is 112 Å². The minimum absolute atomic E-state index is 0.351. The number of nitrogens with one attached hydrogen (secondary N) is 1. The first-order valence-electron chi connectivity index (χ1n) is 6.03. The van der Waals surface area contributed by atoms with E-state index in [0.29, 0.717) is 24.1 Å². The van der Waals surface area contributed by atoms with Crippen LogP contribution in [0, 0.1) is 0 Å². The van der Waals surface area contributed by atoms with Gasteiger partial charge in [0, 0.05) is 32.1 Å². The highest BCUT2D eigenvalue weighted by atomic mass is 16.5. The number of ether oxygens (including phenoxy) is 1. The van der Waals surface area contributed by atoms with Crippen LogP contribution in [0.2, 0.25) is 0 Å². The average molecular weight is 259 g/mol. The summed E-state index contributed by atoms with van der Waals surface area (Å²) in [4.78, 5) is 12.4. The van der Waals surface area contributed by atoms with Gasteiger partial charge in [0.1, 0.15) is 18.2 Å². The summed E-state index contributed by atoms with van der Waals surface area (Å²) in [5.74, 6) is 1.73. The van der Waals surface area contributed by atoms with Crippen LogP contribution >= 0.6 is 0 Å². The predicted molar refractivity (Wildman–Crippen MR) is 73.6 cm³/mol. The first kappa shape index (κ1) is 13.2. The third-order valence-corrected chi connectivity index (χ3v) is 2.53. The third-order valence-electron chi connectivity index (χ3n) is 2.53. The van der Waals surface area contributed by atoms with Gasteiger partial charge in [0.25, 0.3) is 0 Å². The maximum atomic E-state index is 5.72. The number of hydrogen-bond donors (Lipinski definition) is 2. The quantitative estimate of drug-likeness (QED) is 0.812. The van der Waals surface area contributed by atoms with Crippen molar-refractivity contribution in [2.75, 3.05) is 24.7 Å². The van der Waals surface area contributed by atoms with Gasteiger partial charge in [-0.1, -0.05) is 0 Å². The molecule has 6 heteroatoms. The van der Waals surface area contributed by atoms with Crippen LogP contribution in [0.25, 0.3) is 0 Å². The fourth-order valence-electron chi connectivity index (χ4n) is 1.69. The molecule has 6 nitrogen and oxygen atoms in total. The first-order valence-corrected chi connectivity index (χ1v) is 6.03. The molecule has 19 heavy (non-hydrogen) atoms. The van der Waals surface area contributed by atoms with Gasteiger partial charge in [-0.3, -0.25) is 4.98 Å². The molecule has 0 aliphatic carbocycles. The lowest BCUT2D eigenvalue weighted by Crippen LogP contribution is -2.09. The molecular weight excluding hydrogens is 242 g/mol. The lowest BCUT2D eigenvalue weighted by Gasteiger charge is -2.08. The number of rotatable bonds is 6. The van der Waals surface area contributed by atoms with Crippen LogP contribution in [0.1, 0.15) is 11.4 Å². The van der Waals surface area contributed by atoms with E-state index in [1.54, 1.807) is 25.6 Å². The lowest BCUT2D eigenvalue weighted by molar-refractivity contribution is 0.178. The van der Waals surface area contributed by atoms with Gasteiger partial charge in [-0.05, 0) is 24.1 Å². The van der Waals surface area contributed by atoms with Crippen LogP contribution in [0.4, 0.5) is 11.6 Å². The molecule has 0 saturated carbocycles. The summed E-state index contributed by atoms with van der Waals surface area (Å²) in [5, 5.41) is 3.23. The van der Waals surface area contributed by atoms with E-state index in [-0.39, 0.29) is 0 Å². The van der Waals surface area contributed by atoms with Gasteiger partial charge < -0.3 is 15.8 Å². The number of hydrogen-bond acceptors (Lipinski definition) is 6. The zero-order chi connectivity index (χ0) is 13.5. The Kier molecular flexibility index (Phi) is 4.63. The second-order valence-corrected chi connectivity index (χ2v) is 4.06.